The molecule has 4 nitrogen and oxygen atoms in total. The van der Waals surface area contributed by atoms with Gasteiger partial charge in [-0.15, -0.1) is 0 Å². The number of aliphatic hydroxyl groups is 1. The van der Waals surface area contributed by atoms with E-state index >= 15 is 0 Å². The monoisotopic (exact) mass is 242 g/mol. The van der Waals surface area contributed by atoms with Gasteiger partial charge in [-0.2, -0.15) is 0 Å². The van der Waals surface area contributed by atoms with Gasteiger partial charge in [-0.3, -0.25) is 4.79 Å². The Balaban J connectivity index is 2.41. The highest BCUT2D eigenvalue weighted by molar-refractivity contribution is 5.76. The number of hydrogen-bond donors (Lipinski definition) is 2. The Morgan fingerprint density at radius 3 is 2.82 bits per heavy atom. The molecule has 0 aromatic rings. The van der Waals surface area contributed by atoms with Crippen molar-refractivity contribution in [3.05, 3.63) is 0 Å². The van der Waals surface area contributed by atoms with E-state index in [2.05, 4.69) is 5.32 Å². The molecule has 0 aliphatic carbocycles. The van der Waals surface area contributed by atoms with Crippen molar-refractivity contribution >= 4 is 5.91 Å². The number of nitrogens with zero attached hydrogens (tertiary/aromatic N) is 1. The summed E-state index contributed by atoms with van der Waals surface area (Å²) in [6, 6.07) is 0.233. The van der Waals surface area contributed by atoms with E-state index in [0.717, 1.165) is 25.9 Å². The summed E-state index contributed by atoms with van der Waals surface area (Å²) in [4.78, 5) is 13.9. The molecule has 1 rings (SSSR count). The van der Waals surface area contributed by atoms with E-state index in [1.54, 1.807) is 0 Å². The van der Waals surface area contributed by atoms with Gasteiger partial charge >= 0.3 is 0 Å². The molecule has 4 heteroatoms. The molecule has 1 fully saturated rings. The summed E-state index contributed by atoms with van der Waals surface area (Å²) >= 11 is 0. The van der Waals surface area contributed by atoms with E-state index in [1.807, 2.05) is 25.7 Å². The summed E-state index contributed by atoms with van der Waals surface area (Å²) < 4.78 is 0. The van der Waals surface area contributed by atoms with Gasteiger partial charge in [0.1, 0.15) is 0 Å². The van der Waals surface area contributed by atoms with Gasteiger partial charge in [-0.05, 0) is 39.7 Å². The molecule has 0 saturated carbocycles. The molecule has 1 aliphatic heterocycles. The number of carbonyl (C=O) groups is 1. The number of nitrogens with one attached hydrogen (secondary N) is 1. The van der Waals surface area contributed by atoms with Crippen molar-refractivity contribution in [2.24, 2.45) is 0 Å². The smallest absolute Gasteiger partial charge is 0.224 e. The highest BCUT2D eigenvalue weighted by atomic mass is 16.3. The average molecular weight is 242 g/mol. The molecular formula is C13H26N2O2. The summed E-state index contributed by atoms with van der Waals surface area (Å²) in [6.45, 7) is 8.31. The highest BCUT2D eigenvalue weighted by Crippen LogP contribution is 2.21. The van der Waals surface area contributed by atoms with Gasteiger partial charge in [-0.1, -0.05) is 6.92 Å². The zero-order valence-electron chi connectivity index (χ0n) is 11.3. The Morgan fingerprint density at radius 1 is 1.47 bits per heavy atom. The Bertz CT molecular complexity index is 254. The van der Waals surface area contributed by atoms with Crippen LogP contribution < -0.4 is 5.32 Å². The lowest BCUT2D eigenvalue weighted by molar-refractivity contribution is -0.131. The third-order valence-corrected chi connectivity index (χ3v) is 3.45. The molecule has 1 heterocycles. The second kappa shape index (κ2) is 6.36. The molecule has 1 aliphatic rings. The first-order valence-corrected chi connectivity index (χ1v) is 6.68. The molecule has 1 saturated heterocycles. The fraction of sp³-hybridized carbons (Fsp3) is 0.923. The molecule has 1 amide bonds. The zero-order valence-corrected chi connectivity index (χ0v) is 11.3. The molecule has 100 valence electrons. The van der Waals surface area contributed by atoms with Crippen LogP contribution >= 0.6 is 0 Å². The molecule has 0 spiro atoms. The average Bonchev–Trinajstić information content (AvgIpc) is 2.39. The van der Waals surface area contributed by atoms with Gasteiger partial charge in [0.15, 0.2) is 0 Å². The second-order valence-corrected chi connectivity index (χ2v) is 5.39. The summed E-state index contributed by atoms with van der Waals surface area (Å²) in [7, 11) is 0. The van der Waals surface area contributed by atoms with Crippen molar-refractivity contribution in [2.45, 2.75) is 58.1 Å². The van der Waals surface area contributed by atoms with Crippen LogP contribution in [0.4, 0.5) is 0 Å². The zero-order chi connectivity index (χ0) is 12.9. The first-order chi connectivity index (χ1) is 7.94. The Kier molecular flexibility index (Phi) is 5.40. The predicted molar refractivity (Wildman–Crippen MR) is 68.8 cm³/mol. The lowest BCUT2D eigenvalue weighted by atomic mass is 9.98. The van der Waals surface area contributed by atoms with Crippen molar-refractivity contribution in [1.82, 2.24) is 10.2 Å². The van der Waals surface area contributed by atoms with Crippen LogP contribution in [-0.4, -0.2) is 47.2 Å². The van der Waals surface area contributed by atoms with E-state index in [1.165, 1.54) is 0 Å². The number of amides is 1. The highest BCUT2D eigenvalue weighted by Gasteiger charge is 2.27. The first kappa shape index (κ1) is 14.5. The first-order valence-electron chi connectivity index (χ1n) is 6.68. The van der Waals surface area contributed by atoms with E-state index < -0.39 is 5.60 Å². The number of rotatable bonds is 4. The lowest BCUT2D eigenvalue weighted by Crippen LogP contribution is -2.38. The number of carbonyl (C=O) groups excluding carboxylic acids is 1. The fourth-order valence-corrected chi connectivity index (χ4v) is 2.32. The third kappa shape index (κ3) is 5.04. The maximum Gasteiger partial charge on any atom is 0.224 e. The van der Waals surface area contributed by atoms with Gasteiger partial charge in [0.25, 0.3) is 0 Å². The molecule has 0 bridgehead atoms. The van der Waals surface area contributed by atoms with Crippen LogP contribution in [0.2, 0.25) is 0 Å². The maximum absolute atomic E-state index is 12.1. The summed E-state index contributed by atoms with van der Waals surface area (Å²) in [5, 5.41) is 13.2. The van der Waals surface area contributed by atoms with Crippen LogP contribution in [0.15, 0.2) is 0 Å². The van der Waals surface area contributed by atoms with Crippen molar-refractivity contribution in [3.8, 4) is 0 Å². The number of likely N-dealkylation sites (tertiary alicyclic amines) is 1. The van der Waals surface area contributed by atoms with E-state index in [4.69, 9.17) is 0 Å². The second-order valence-electron chi connectivity index (χ2n) is 5.39. The van der Waals surface area contributed by atoms with Crippen LogP contribution in [0.5, 0.6) is 0 Å². The van der Waals surface area contributed by atoms with Crippen LogP contribution in [-0.2, 0) is 4.79 Å². The largest absolute Gasteiger partial charge is 0.390 e. The van der Waals surface area contributed by atoms with Crippen LogP contribution in [0.25, 0.3) is 0 Å². The van der Waals surface area contributed by atoms with Crippen molar-refractivity contribution in [1.29, 1.82) is 0 Å². The SMILES string of the molecule is CCNC(C)CC(=O)N1CCCC(C)(O)CC1. The summed E-state index contributed by atoms with van der Waals surface area (Å²) in [5.41, 5.74) is -0.595. The van der Waals surface area contributed by atoms with E-state index in [0.29, 0.717) is 19.4 Å². The van der Waals surface area contributed by atoms with E-state index in [9.17, 15) is 9.90 Å². The Labute approximate surface area is 104 Å². The van der Waals surface area contributed by atoms with E-state index in [-0.39, 0.29) is 11.9 Å². The van der Waals surface area contributed by atoms with Gasteiger partial charge in [0, 0.05) is 25.6 Å². The summed E-state index contributed by atoms with van der Waals surface area (Å²) in [5.74, 6) is 0.205. The normalized spacial score (nSPS) is 27.6. The van der Waals surface area contributed by atoms with Gasteiger partial charge in [-0.25, -0.2) is 0 Å². The third-order valence-electron chi connectivity index (χ3n) is 3.45. The minimum Gasteiger partial charge on any atom is -0.390 e. The quantitative estimate of drug-likeness (QED) is 0.777. The minimum atomic E-state index is -0.595. The van der Waals surface area contributed by atoms with Gasteiger partial charge in [0.2, 0.25) is 5.91 Å². The summed E-state index contributed by atoms with van der Waals surface area (Å²) in [6.07, 6.45) is 2.93. The Hall–Kier alpha value is -0.610. The Morgan fingerprint density at radius 2 is 2.18 bits per heavy atom. The topological polar surface area (TPSA) is 52.6 Å². The van der Waals surface area contributed by atoms with Crippen LogP contribution in [0.1, 0.15) is 46.5 Å². The van der Waals surface area contributed by atoms with Gasteiger partial charge < -0.3 is 15.3 Å². The molecule has 2 N–H and O–H groups in total. The van der Waals surface area contributed by atoms with Gasteiger partial charge in [0.05, 0.1) is 5.60 Å². The molecule has 0 aromatic heterocycles. The van der Waals surface area contributed by atoms with Crippen molar-refractivity contribution in [3.63, 3.8) is 0 Å². The lowest BCUT2D eigenvalue weighted by Gasteiger charge is -2.24. The van der Waals surface area contributed by atoms with Crippen molar-refractivity contribution < 1.29 is 9.90 Å². The van der Waals surface area contributed by atoms with Crippen molar-refractivity contribution in [2.75, 3.05) is 19.6 Å². The molecule has 0 radical (unpaired) electrons. The predicted octanol–water partition coefficient (Wildman–Crippen LogP) is 1.14. The molecule has 2 unspecified atom stereocenters. The van der Waals surface area contributed by atoms with Crippen LogP contribution in [0.3, 0.4) is 0 Å². The number of hydrogen-bond acceptors (Lipinski definition) is 3. The molecule has 2 atom stereocenters. The molecule has 0 aromatic carbocycles. The molecular weight excluding hydrogens is 216 g/mol. The maximum atomic E-state index is 12.1. The molecule has 17 heavy (non-hydrogen) atoms. The fourth-order valence-electron chi connectivity index (χ4n) is 2.32. The van der Waals surface area contributed by atoms with Crippen LogP contribution in [0, 0.1) is 0 Å². The minimum absolute atomic E-state index is 0.205. The standard InChI is InChI=1S/C13H26N2O2/c1-4-14-11(2)10-12(16)15-8-5-6-13(3,17)7-9-15/h11,14,17H,4-10H2,1-3H3.